The molecule has 3 aromatic carbocycles. The van der Waals surface area contributed by atoms with Crippen molar-refractivity contribution in [2.75, 3.05) is 16.8 Å². The van der Waals surface area contributed by atoms with Crippen LogP contribution in [-0.2, 0) is 6.42 Å². The maximum absolute atomic E-state index is 13.1. The zero-order valence-corrected chi connectivity index (χ0v) is 14.9. The van der Waals surface area contributed by atoms with E-state index in [2.05, 4.69) is 11.4 Å². The van der Waals surface area contributed by atoms with E-state index in [1.807, 2.05) is 53.4 Å². The Morgan fingerprint density at radius 2 is 1.56 bits per heavy atom. The van der Waals surface area contributed by atoms with Crippen LogP contribution in [-0.4, -0.2) is 18.4 Å². The van der Waals surface area contributed by atoms with E-state index in [1.54, 1.807) is 24.3 Å². The second kappa shape index (κ2) is 7.46. The second-order valence-electron chi connectivity index (χ2n) is 6.59. The Labute approximate surface area is 158 Å². The zero-order valence-electron chi connectivity index (χ0n) is 14.9. The first-order valence-electron chi connectivity index (χ1n) is 9.08. The van der Waals surface area contributed by atoms with Crippen LogP contribution in [0.3, 0.4) is 0 Å². The zero-order chi connectivity index (χ0) is 18.6. The van der Waals surface area contributed by atoms with Crippen LogP contribution in [0, 0.1) is 0 Å². The van der Waals surface area contributed by atoms with Crippen LogP contribution in [0.4, 0.5) is 11.4 Å². The average molecular weight is 356 g/mol. The highest BCUT2D eigenvalue weighted by Crippen LogP contribution is 2.28. The van der Waals surface area contributed by atoms with E-state index in [9.17, 15) is 9.59 Å². The van der Waals surface area contributed by atoms with Gasteiger partial charge in [-0.15, -0.1) is 0 Å². The minimum absolute atomic E-state index is 0.0727. The highest BCUT2D eigenvalue weighted by atomic mass is 16.2. The van der Waals surface area contributed by atoms with Gasteiger partial charge in [0.05, 0.1) is 0 Å². The summed E-state index contributed by atoms with van der Waals surface area (Å²) in [4.78, 5) is 27.4. The van der Waals surface area contributed by atoms with Crippen molar-refractivity contribution in [3.63, 3.8) is 0 Å². The smallest absolute Gasteiger partial charge is 0.258 e. The lowest BCUT2D eigenvalue weighted by atomic mass is 10.0. The molecule has 0 saturated carbocycles. The van der Waals surface area contributed by atoms with Crippen molar-refractivity contribution >= 4 is 23.2 Å². The first-order valence-corrected chi connectivity index (χ1v) is 9.08. The molecule has 27 heavy (non-hydrogen) atoms. The first kappa shape index (κ1) is 17.0. The number of carbonyl (C=O) groups is 2. The number of nitrogens with zero attached hydrogens (tertiary/aromatic N) is 1. The number of hydrogen-bond acceptors (Lipinski definition) is 2. The number of benzene rings is 3. The lowest BCUT2D eigenvalue weighted by Crippen LogP contribution is -2.35. The van der Waals surface area contributed by atoms with Gasteiger partial charge in [0.1, 0.15) is 0 Å². The van der Waals surface area contributed by atoms with Crippen molar-refractivity contribution in [1.29, 1.82) is 0 Å². The Balaban J connectivity index is 1.58. The molecule has 2 amide bonds. The van der Waals surface area contributed by atoms with Gasteiger partial charge in [0.25, 0.3) is 11.8 Å². The van der Waals surface area contributed by atoms with E-state index in [1.165, 1.54) is 5.56 Å². The van der Waals surface area contributed by atoms with E-state index in [4.69, 9.17) is 0 Å². The van der Waals surface area contributed by atoms with Gasteiger partial charge in [-0.05, 0) is 54.8 Å². The summed E-state index contributed by atoms with van der Waals surface area (Å²) >= 11 is 0. The van der Waals surface area contributed by atoms with Crippen molar-refractivity contribution < 1.29 is 9.59 Å². The summed E-state index contributed by atoms with van der Waals surface area (Å²) in [5.41, 5.74) is 3.87. The fraction of sp³-hybridized carbons (Fsp3) is 0.130. The maximum atomic E-state index is 13.1. The summed E-state index contributed by atoms with van der Waals surface area (Å²) < 4.78 is 0. The fourth-order valence-corrected chi connectivity index (χ4v) is 3.42. The van der Waals surface area contributed by atoms with E-state index in [0.29, 0.717) is 17.7 Å². The molecule has 1 N–H and O–H groups in total. The normalized spacial score (nSPS) is 13.0. The minimum atomic E-state index is -0.227. The summed E-state index contributed by atoms with van der Waals surface area (Å²) in [7, 11) is 0. The van der Waals surface area contributed by atoms with Crippen LogP contribution in [0.5, 0.6) is 0 Å². The van der Waals surface area contributed by atoms with Gasteiger partial charge >= 0.3 is 0 Å². The van der Waals surface area contributed by atoms with Gasteiger partial charge in [-0.3, -0.25) is 9.59 Å². The molecule has 4 rings (SSSR count). The molecule has 0 fully saturated rings. The number of rotatable bonds is 3. The molecule has 0 bridgehead atoms. The minimum Gasteiger partial charge on any atom is -0.322 e. The highest BCUT2D eigenvalue weighted by molar-refractivity contribution is 6.10. The largest absolute Gasteiger partial charge is 0.322 e. The molecule has 0 saturated heterocycles. The molecule has 0 aromatic heterocycles. The monoisotopic (exact) mass is 356 g/mol. The first-order chi connectivity index (χ1) is 13.2. The van der Waals surface area contributed by atoms with Crippen LogP contribution in [0.2, 0.25) is 0 Å². The summed E-state index contributed by atoms with van der Waals surface area (Å²) in [5.74, 6) is -0.300. The number of hydrogen-bond donors (Lipinski definition) is 1. The van der Waals surface area contributed by atoms with Crippen molar-refractivity contribution in [3.8, 4) is 0 Å². The third kappa shape index (κ3) is 3.60. The van der Waals surface area contributed by atoms with Crippen LogP contribution in [0.15, 0.2) is 78.9 Å². The Morgan fingerprint density at radius 1 is 0.815 bits per heavy atom. The quantitative estimate of drug-likeness (QED) is 0.749. The molecule has 0 aliphatic carbocycles. The SMILES string of the molecule is O=C(Nc1ccccc1)c1cccc(C(=O)N2CCCc3ccccc32)c1. The van der Waals surface area contributed by atoms with Gasteiger partial charge in [0, 0.05) is 29.0 Å². The predicted molar refractivity (Wildman–Crippen MR) is 107 cm³/mol. The Hall–Kier alpha value is -3.40. The number of amides is 2. The molecular formula is C23H20N2O2. The maximum Gasteiger partial charge on any atom is 0.258 e. The topological polar surface area (TPSA) is 49.4 Å². The summed E-state index contributed by atoms with van der Waals surface area (Å²) in [6.45, 7) is 0.691. The van der Waals surface area contributed by atoms with Gasteiger partial charge in [-0.1, -0.05) is 42.5 Å². The van der Waals surface area contributed by atoms with Gasteiger partial charge in [0.15, 0.2) is 0 Å². The highest BCUT2D eigenvalue weighted by Gasteiger charge is 2.23. The van der Waals surface area contributed by atoms with Crippen LogP contribution in [0.1, 0.15) is 32.7 Å². The summed E-state index contributed by atoms with van der Waals surface area (Å²) in [5, 5.41) is 2.86. The number of anilines is 2. The van der Waals surface area contributed by atoms with Crippen molar-refractivity contribution in [3.05, 3.63) is 95.6 Å². The molecule has 4 heteroatoms. The molecule has 1 aliphatic rings. The molecular weight excluding hydrogens is 336 g/mol. The molecule has 3 aromatic rings. The molecule has 0 atom stereocenters. The number of fused-ring (bicyclic) bond motifs is 1. The number of aryl methyl sites for hydroxylation is 1. The Morgan fingerprint density at radius 3 is 2.41 bits per heavy atom. The van der Waals surface area contributed by atoms with Gasteiger partial charge < -0.3 is 10.2 Å². The lowest BCUT2D eigenvalue weighted by Gasteiger charge is -2.29. The predicted octanol–water partition coefficient (Wildman–Crippen LogP) is 4.53. The third-order valence-electron chi connectivity index (χ3n) is 4.76. The molecule has 4 nitrogen and oxygen atoms in total. The van der Waals surface area contributed by atoms with E-state index >= 15 is 0 Å². The molecule has 1 aliphatic heterocycles. The number of nitrogens with one attached hydrogen (secondary N) is 1. The van der Waals surface area contributed by atoms with E-state index in [0.717, 1.165) is 24.2 Å². The molecule has 0 radical (unpaired) electrons. The van der Waals surface area contributed by atoms with Crippen LogP contribution in [0.25, 0.3) is 0 Å². The number of para-hydroxylation sites is 2. The Kier molecular flexibility index (Phi) is 4.71. The Bertz CT molecular complexity index is 982. The van der Waals surface area contributed by atoms with Crippen LogP contribution < -0.4 is 10.2 Å². The van der Waals surface area contributed by atoms with Crippen molar-refractivity contribution in [2.24, 2.45) is 0 Å². The van der Waals surface area contributed by atoms with E-state index in [-0.39, 0.29) is 11.8 Å². The lowest BCUT2D eigenvalue weighted by molar-refractivity contribution is 0.0985. The second-order valence-corrected chi connectivity index (χ2v) is 6.59. The molecule has 0 unspecified atom stereocenters. The van der Waals surface area contributed by atoms with Crippen LogP contribution >= 0.6 is 0 Å². The van der Waals surface area contributed by atoms with Gasteiger partial charge in [0.2, 0.25) is 0 Å². The summed E-state index contributed by atoms with van der Waals surface area (Å²) in [6, 6.07) is 24.2. The molecule has 0 spiro atoms. The fourth-order valence-electron chi connectivity index (χ4n) is 3.42. The standard InChI is InChI=1S/C23H20N2O2/c26-22(24-20-12-2-1-3-13-20)18-9-6-10-19(16-18)23(27)25-15-7-11-17-8-4-5-14-21(17)25/h1-6,8-10,12-14,16H,7,11,15H2,(H,24,26). The van der Waals surface area contributed by atoms with Gasteiger partial charge in [-0.2, -0.15) is 0 Å². The third-order valence-corrected chi connectivity index (χ3v) is 4.76. The average Bonchev–Trinajstić information content (AvgIpc) is 2.73. The summed E-state index contributed by atoms with van der Waals surface area (Å²) in [6.07, 6.45) is 1.93. The van der Waals surface area contributed by atoms with Crippen molar-refractivity contribution in [2.45, 2.75) is 12.8 Å². The van der Waals surface area contributed by atoms with Gasteiger partial charge in [-0.25, -0.2) is 0 Å². The number of carbonyl (C=O) groups excluding carboxylic acids is 2. The van der Waals surface area contributed by atoms with E-state index < -0.39 is 0 Å². The molecule has 134 valence electrons. The van der Waals surface area contributed by atoms with Crippen molar-refractivity contribution in [1.82, 2.24) is 0 Å². The molecule has 1 heterocycles.